The lowest BCUT2D eigenvalue weighted by Crippen LogP contribution is -2.12. The standard InChI is InChI=1S/C12H6Cl4N4O/c1-5(21)19-12-6(3-17)4-18-20(12)11-8(14)2-7(13)9(15)10(11)16/h2,4H,1H3,(H,19,21). The molecule has 0 radical (unpaired) electrons. The third-order valence-electron chi connectivity index (χ3n) is 2.49. The molecule has 1 heterocycles. The Kier molecular flexibility index (Phi) is 4.64. The molecule has 0 spiro atoms. The molecule has 1 N–H and O–H groups in total. The van der Waals surface area contributed by atoms with Gasteiger partial charge in [0.05, 0.1) is 26.3 Å². The number of hydrogen-bond donors (Lipinski definition) is 1. The lowest BCUT2D eigenvalue weighted by molar-refractivity contribution is -0.114. The van der Waals surface area contributed by atoms with Crippen LogP contribution in [0.15, 0.2) is 12.3 Å². The number of halogens is 4. The number of amides is 1. The highest BCUT2D eigenvalue weighted by atomic mass is 35.5. The van der Waals surface area contributed by atoms with E-state index in [1.165, 1.54) is 23.9 Å². The van der Waals surface area contributed by atoms with Crippen molar-refractivity contribution < 1.29 is 4.79 Å². The summed E-state index contributed by atoms with van der Waals surface area (Å²) in [7, 11) is 0. The first-order valence-electron chi connectivity index (χ1n) is 5.46. The predicted octanol–water partition coefficient (Wildman–Crippen LogP) is 4.32. The van der Waals surface area contributed by atoms with Crippen molar-refractivity contribution in [2.45, 2.75) is 6.92 Å². The summed E-state index contributed by atoms with van der Waals surface area (Å²) >= 11 is 24.1. The number of hydrogen-bond acceptors (Lipinski definition) is 3. The Bertz CT molecular complexity index is 779. The number of nitrogens with one attached hydrogen (secondary N) is 1. The highest BCUT2D eigenvalue weighted by molar-refractivity contribution is 6.50. The van der Waals surface area contributed by atoms with Crippen molar-refractivity contribution in [3.8, 4) is 11.8 Å². The van der Waals surface area contributed by atoms with Crippen LogP contribution in [0.4, 0.5) is 5.82 Å². The fraction of sp³-hybridized carbons (Fsp3) is 0.0833. The Labute approximate surface area is 140 Å². The van der Waals surface area contributed by atoms with E-state index in [0.717, 1.165) is 0 Å². The third kappa shape index (κ3) is 2.94. The van der Waals surface area contributed by atoms with E-state index in [4.69, 9.17) is 51.7 Å². The van der Waals surface area contributed by atoms with E-state index in [2.05, 4.69) is 10.4 Å². The minimum absolute atomic E-state index is 0.0633. The molecule has 0 unspecified atom stereocenters. The van der Waals surface area contributed by atoms with Crippen LogP contribution in [0.1, 0.15) is 12.5 Å². The predicted molar refractivity (Wildman–Crippen MR) is 82.6 cm³/mol. The van der Waals surface area contributed by atoms with Gasteiger partial charge in [0, 0.05) is 6.92 Å². The largest absolute Gasteiger partial charge is 0.310 e. The number of nitrogens with zero attached hydrogens (tertiary/aromatic N) is 3. The molecule has 0 saturated carbocycles. The summed E-state index contributed by atoms with van der Waals surface area (Å²) in [6.07, 6.45) is 1.28. The van der Waals surface area contributed by atoms with Crippen LogP contribution in [0.2, 0.25) is 20.1 Å². The molecule has 1 amide bonds. The van der Waals surface area contributed by atoms with Crippen molar-refractivity contribution in [1.29, 1.82) is 5.26 Å². The van der Waals surface area contributed by atoms with E-state index < -0.39 is 0 Å². The van der Waals surface area contributed by atoms with Crippen LogP contribution in [-0.4, -0.2) is 15.7 Å². The van der Waals surface area contributed by atoms with Gasteiger partial charge in [0.15, 0.2) is 5.82 Å². The van der Waals surface area contributed by atoms with Gasteiger partial charge < -0.3 is 5.32 Å². The molecule has 0 fully saturated rings. The molecular formula is C12H6Cl4N4O. The number of benzene rings is 1. The maximum absolute atomic E-state index is 11.3. The Morgan fingerprint density at radius 3 is 2.52 bits per heavy atom. The maximum Gasteiger partial charge on any atom is 0.222 e. The van der Waals surface area contributed by atoms with Gasteiger partial charge in [-0.2, -0.15) is 10.4 Å². The quantitative estimate of drug-likeness (QED) is 0.638. The summed E-state index contributed by atoms with van der Waals surface area (Å²) < 4.78 is 1.23. The molecule has 9 heteroatoms. The molecule has 5 nitrogen and oxygen atoms in total. The number of carbonyl (C=O) groups excluding carboxylic acids is 1. The van der Waals surface area contributed by atoms with E-state index in [1.807, 2.05) is 6.07 Å². The highest BCUT2D eigenvalue weighted by Crippen LogP contribution is 2.40. The fourth-order valence-corrected chi connectivity index (χ4v) is 2.71. The lowest BCUT2D eigenvalue weighted by Gasteiger charge is -2.13. The fourth-order valence-electron chi connectivity index (χ4n) is 1.64. The number of anilines is 1. The number of nitriles is 1. The Morgan fingerprint density at radius 1 is 1.29 bits per heavy atom. The summed E-state index contributed by atoms with van der Waals surface area (Å²) in [5.74, 6) is -0.229. The summed E-state index contributed by atoms with van der Waals surface area (Å²) in [4.78, 5) is 11.3. The van der Waals surface area contributed by atoms with Crippen molar-refractivity contribution >= 4 is 58.1 Å². The second-order valence-electron chi connectivity index (χ2n) is 3.93. The van der Waals surface area contributed by atoms with Crippen LogP contribution in [-0.2, 0) is 4.79 Å². The minimum Gasteiger partial charge on any atom is -0.310 e. The molecule has 0 aliphatic carbocycles. The number of aromatic nitrogens is 2. The van der Waals surface area contributed by atoms with Gasteiger partial charge in [-0.15, -0.1) is 0 Å². The van der Waals surface area contributed by atoms with Crippen LogP contribution in [0.25, 0.3) is 5.69 Å². The van der Waals surface area contributed by atoms with Gasteiger partial charge in [0.25, 0.3) is 0 Å². The van der Waals surface area contributed by atoms with Crippen LogP contribution in [0, 0.1) is 11.3 Å². The smallest absolute Gasteiger partial charge is 0.222 e. The van der Waals surface area contributed by atoms with Gasteiger partial charge in [-0.05, 0) is 6.07 Å². The zero-order chi connectivity index (χ0) is 15.7. The average Bonchev–Trinajstić information content (AvgIpc) is 2.78. The van der Waals surface area contributed by atoms with Crippen molar-refractivity contribution in [2.75, 3.05) is 5.32 Å². The summed E-state index contributed by atoms with van der Waals surface area (Å²) in [6, 6.07) is 3.31. The van der Waals surface area contributed by atoms with Crippen LogP contribution in [0.3, 0.4) is 0 Å². The first kappa shape index (κ1) is 15.9. The van der Waals surface area contributed by atoms with Crippen molar-refractivity contribution in [3.63, 3.8) is 0 Å². The topological polar surface area (TPSA) is 70.7 Å². The molecule has 2 aromatic rings. The van der Waals surface area contributed by atoms with E-state index in [-0.39, 0.29) is 43.1 Å². The molecule has 0 atom stereocenters. The molecule has 0 bridgehead atoms. The summed E-state index contributed by atoms with van der Waals surface area (Å²) in [6.45, 7) is 1.30. The lowest BCUT2D eigenvalue weighted by atomic mass is 10.3. The first-order chi connectivity index (χ1) is 9.86. The van der Waals surface area contributed by atoms with Gasteiger partial charge in [-0.3, -0.25) is 4.79 Å². The van der Waals surface area contributed by atoms with Gasteiger partial charge >= 0.3 is 0 Å². The number of rotatable bonds is 2. The van der Waals surface area contributed by atoms with E-state index >= 15 is 0 Å². The Hall–Kier alpha value is -1.45. The molecule has 0 aliphatic heterocycles. The molecule has 108 valence electrons. The molecule has 1 aromatic carbocycles. The summed E-state index contributed by atoms with van der Waals surface area (Å²) in [5, 5.41) is 16.1. The normalized spacial score (nSPS) is 10.3. The second-order valence-corrected chi connectivity index (χ2v) is 5.50. The SMILES string of the molecule is CC(=O)Nc1c(C#N)cnn1-c1c(Cl)cc(Cl)c(Cl)c1Cl. The zero-order valence-electron chi connectivity index (χ0n) is 10.4. The maximum atomic E-state index is 11.3. The molecule has 0 saturated heterocycles. The van der Waals surface area contributed by atoms with E-state index in [9.17, 15) is 4.79 Å². The number of carbonyl (C=O) groups is 1. The van der Waals surface area contributed by atoms with Gasteiger partial charge in [0.2, 0.25) is 5.91 Å². The van der Waals surface area contributed by atoms with Crippen LogP contribution < -0.4 is 5.32 Å². The molecule has 0 aliphatic rings. The monoisotopic (exact) mass is 362 g/mol. The third-order valence-corrected chi connectivity index (χ3v) is 4.03. The van der Waals surface area contributed by atoms with Crippen molar-refractivity contribution in [2.24, 2.45) is 0 Å². The summed E-state index contributed by atoms with van der Waals surface area (Å²) in [5.41, 5.74) is 0.376. The van der Waals surface area contributed by atoms with Crippen LogP contribution >= 0.6 is 46.4 Å². The van der Waals surface area contributed by atoms with E-state index in [0.29, 0.717) is 0 Å². The van der Waals surface area contributed by atoms with E-state index in [1.54, 1.807) is 0 Å². The van der Waals surface area contributed by atoms with Crippen molar-refractivity contribution in [1.82, 2.24) is 9.78 Å². The Morgan fingerprint density at radius 2 is 1.95 bits per heavy atom. The minimum atomic E-state index is -0.374. The molecular weight excluding hydrogens is 358 g/mol. The highest BCUT2D eigenvalue weighted by Gasteiger charge is 2.21. The average molecular weight is 364 g/mol. The van der Waals surface area contributed by atoms with Crippen LogP contribution in [0.5, 0.6) is 0 Å². The van der Waals surface area contributed by atoms with Crippen molar-refractivity contribution in [3.05, 3.63) is 37.9 Å². The van der Waals surface area contributed by atoms with Gasteiger partial charge in [0.1, 0.15) is 17.3 Å². The first-order valence-corrected chi connectivity index (χ1v) is 6.97. The molecule has 21 heavy (non-hydrogen) atoms. The zero-order valence-corrected chi connectivity index (χ0v) is 13.4. The van der Waals surface area contributed by atoms with Gasteiger partial charge in [-0.1, -0.05) is 46.4 Å². The molecule has 1 aromatic heterocycles. The second kappa shape index (κ2) is 6.12. The Balaban J connectivity index is 2.74. The van der Waals surface area contributed by atoms with Gasteiger partial charge in [-0.25, -0.2) is 4.68 Å². The molecule has 2 rings (SSSR count).